The van der Waals surface area contributed by atoms with Crippen LogP contribution in [0.1, 0.15) is 17.9 Å². The summed E-state index contributed by atoms with van der Waals surface area (Å²) in [6.45, 7) is 0. The highest BCUT2D eigenvalue weighted by atomic mass is 32.2. The number of hydrogen-bond donors (Lipinski definition) is 2. The zero-order chi connectivity index (χ0) is 21.2. The van der Waals surface area contributed by atoms with Crippen molar-refractivity contribution >= 4 is 33.6 Å². The lowest BCUT2D eigenvalue weighted by Gasteiger charge is -2.18. The molecular weight excluding hydrogens is 402 g/mol. The number of nitrogens with zero attached hydrogens (tertiary/aromatic N) is 2. The van der Waals surface area contributed by atoms with Gasteiger partial charge in [0.05, 0.1) is 22.6 Å². The van der Waals surface area contributed by atoms with E-state index in [0.717, 1.165) is 23.8 Å². The van der Waals surface area contributed by atoms with Crippen LogP contribution in [0.2, 0.25) is 0 Å². The van der Waals surface area contributed by atoms with Crippen molar-refractivity contribution in [3.8, 4) is 5.75 Å². The topological polar surface area (TPSA) is 148 Å². The van der Waals surface area contributed by atoms with E-state index in [1.807, 2.05) is 0 Å². The van der Waals surface area contributed by atoms with E-state index in [1.54, 1.807) is 30.5 Å². The second-order valence-electron chi connectivity index (χ2n) is 6.28. The molecule has 2 aromatic carbocycles. The second kappa shape index (κ2) is 7.97. The Labute approximate surface area is 166 Å². The fraction of sp³-hybridized carbons (Fsp3) is 0.222. The molecule has 152 valence electrons. The lowest BCUT2D eigenvalue weighted by Crippen LogP contribution is -2.41. The molecule has 0 aliphatic carbocycles. The zero-order valence-corrected chi connectivity index (χ0v) is 16.0. The van der Waals surface area contributed by atoms with Crippen molar-refractivity contribution in [2.24, 2.45) is 4.99 Å². The number of ether oxygens (including phenoxy) is 1. The molecule has 3 rings (SSSR count). The lowest BCUT2D eigenvalue weighted by molar-refractivity contribution is -0.386. The number of carboxylic acids is 1. The molecule has 2 atom stereocenters. The van der Waals surface area contributed by atoms with Crippen molar-refractivity contribution < 1.29 is 28.0 Å². The quantitative estimate of drug-likeness (QED) is 0.492. The van der Waals surface area contributed by atoms with E-state index in [0.29, 0.717) is 5.69 Å². The summed E-state index contributed by atoms with van der Waals surface area (Å²) in [4.78, 5) is 25.8. The van der Waals surface area contributed by atoms with E-state index >= 15 is 0 Å². The van der Waals surface area contributed by atoms with Crippen LogP contribution in [0.4, 0.5) is 11.4 Å². The summed E-state index contributed by atoms with van der Waals surface area (Å²) >= 11 is 0. The number of nitrogens with one attached hydrogen (secondary N) is 1. The number of carbonyl (C=O) groups is 1. The number of fused-ring (bicyclic) bond motifs is 1. The smallest absolute Gasteiger partial charge is 0.321 e. The van der Waals surface area contributed by atoms with Gasteiger partial charge in [-0.15, -0.1) is 0 Å². The molecule has 2 aromatic rings. The van der Waals surface area contributed by atoms with Crippen LogP contribution in [0.3, 0.4) is 0 Å². The number of rotatable bonds is 8. The van der Waals surface area contributed by atoms with E-state index in [1.165, 1.54) is 7.11 Å². The molecule has 0 amide bonds. The molecule has 11 heteroatoms. The summed E-state index contributed by atoms with van der Waals surface area (Å²) < 4.78 is 32.3. The van der Waals surface area contributed by atoms with Gasteiger partial charge in [-0.25, -0.2) is 8.42 Å². The fourth-order valence-electron chi connectivity index (χ4n) is 3.05. The normalized spacial score (nSPS) is 16.2. The Bertz CT molecular complexity index is 1100. The van der Waals surface area contributed by atoms with Crippen LogP contribution in [0.5, 0.6) is 5.75 Å². The Morgan fingerprint density at radius 2 is 2.07 bits per heavy atom. The minimum absolute atomic E-state index is 0.0622. The third-order valence-electron chi connectivity index (χ3n) is 4.47. The molecule has 1 heterocycles. The first-order chi connectivity index (χ1) is 13.7. The van der Waals surface area contributed by atoms with Crippen molar-refractivity contribution in [3.05, 3.63) is 58.1 Å². The average molecular weight is 419 g/mol. The van der Waals surface area contributed by atoms with Gasteiger partial charge in [0.2, 0.25) is 10.0 Å². The van der Waals surface area contributed by atoms with Gasteiger partial charge in [-0.2, -0.15) is 4.72 Å². The molecule has 1 aliphatic heterocycles. The maximum Gasteiger partial charge on any atom is 0.321 e. The molecule has 29 heavy (non-hydrogen) atoms. The van der Waals surface area contributed by atoms with Gasteiger partial charge in [-0.05, 0) is 30.2 Å². The SMILES string of the molecule is COc1ccc(S(=O)(=O)N[C@@H](C[C@@H]2C=Nc3ccccc32)C(=O)O)cc1[N+](=O)[O-]. The number of carboxylic acid groups (broad SMARTS) is 1. The van der Waals surface area contributed by atoms with Crippen molar-refractivity contribution in [3.63, 3.8) is 0 Å². The second-order valence-corrected chi connectivity index (χ2v) is 8.00. The molecular formula is C18H17N3O7S. The van der Waals surface area contributed by atoms with Crippen LogP contribution < -0.4 is 9.46 Å². The van der Waals surface area contributed by atoms with Crippen LogP contribution in [0, 0.1) is 10.1 Å². The van der Waals surface area contributed by atoms with Gasteiger partial charge < -0.3 is 9.84 Å². The minimum atomic E-state index is -4.34. The number of aliphatic carboxylic acids is 1. The van der Waals surface area contributed by atoms with Gasteiger partial charge in [-0.3, -0.25) is 19.9 Å². The summed E-state index contributed by atoms with van der Waals surface area (Å²) in [6, 6.07) is 8.79. The lowest BCUT2D eigenvalue weighted by atomic mass is 9.94. The highest BCUT2D eigenvalue weighted by Gasteiger charge is 2.31. The molecule has 0 fully saturated rings. The van der Waals surface area contributed by atoms with E-state index < -0.39 is 37.5 Å². The molecule has 0 unspecified atom stereocenters. The Kier molecular flexibility index (Phi) is 5.62. The largest absolute Gasteiger partial charge is 0.490 e. The first-order valence-corrected chi connectivity index (χ1v) is 9.92. The number of hydrogen-bond acceptors (Lipinski definition) is 7. The Balaban J connectivity index is 1.85. The van der Waals surface area contributed by atoms with Crippen molar-refractivity contribution in [2.45, 2.75) is 23.3 Å². The van der Waals surface area contributed by atoms with Crippen LogP contribution >= 0.6 is 0 Å². The maximum atomic E-state index is 12.7. The molecule has 0 radical (unpaired) electrons. The Morgan fingerprint density at radius 1 is 1.34 bits per heavy atom. The van der Waals surface area contributed by atoms with Gasteiger partial charge >= 0.3 is 11.7 Å². The number of nitro benzene ring substituents is 1. The molecule has 10 nitrogen and oxygen atoms in total. The van der Waals surface area contributed by atoms with Crippen molar-refractivity contribution in [1.29, 1.82) is 0 Å². The minimum Gasteiger partial charge on any atom is -0.490 e. The van der Waals surface area contributed by atoms with E-state index in [-0.39, 0.29) is 18.1 Å². The van der Waals surface area contributed by atoms with Crippen molar-refractivity contribution in [2.75, 3.05) is 7.11 Å². The molecule has 2 N–H and O–H groups in total. The van der Waals surface area contributed by atoms with Gasteiger partial charge in [0, 0.05) is 18.2 Å². The molecule has 0 spiro atoms. The fourth-order valence-corrected chi connectivity index (χ4v) is 4.27. The van der Waals surface area contributed by atoms with E-state index in [4.69, 9.17) is 4.74 Å². The number of nitro groups is 1. The Hall–Kier alpha value is -3.31. The summed E-state index contributed by atoms with van der Waals surface area (Å²) in [6.07, 6.45) is 1.51. The maximum absolute atomic E-state index is 12.7. The molecule has 1 aliphatic rings. The van der Waals surface area contributed by atoms with Crippen LogP contribution in [0.15, 0.2) is 52.4 Å². The summed E-state index contributed by atoms with van der Waals surface area (Å²) in [5.74, 6) is -1.85. The Morgan fingerprint density at radius 3 is 2.72 bits per heavy atom. The van der Waals surface area contributed by atoms with Crippen molar-refractivity contribution in [1.82, 2.24) is 4.72 Å². The molecule has 0 aromatic heterocycles. The number of para-hydroxylation sites is 1. The average Bonchev–Trinajstić information content (AvgIpc) is 3.09. The predicted molar refractivity (Wildman–Crippen MR) is 103 cm³/mol. The van der Waals surface area contributed by atoms with Crippen LogP contribution in [-0.2, 0) is 14.8 Å². The number of aliphatic imine (C=N–C) groups is 1. The summed E-state index contributed by atoms with van der Waals surface area (Å²) in [5, 5.41) is 20.7. The predicted octanol–water partition coefficient (Wildman–Crippen LogP) is 2.22. The molecule has 0 saturated carbocycles. The van der Waals surface area contributed by atoms with Gasteiger partial charge in [0.25, 0.3) is 0 Å². The third-order valence-corrected chi connectivity index (χ3v) is 5.94. The zero-order valence-electron chi connectivity index (χ0n) is 15.2. The van der Waals surface area contributed by atoms with E-state index in [9.17, 15) is 28.4 Å². The number of sulfonamides is 1. The first kappa shape index (κ1) is 20.4. The highest BCUT2D eigenvalue weighted by molar-refractivity contribution is 7.89. The van der Waals surface area contributed by atoms with Gasteiger partial charge in [0.1, 0.15) is 6.04 Å². The monoisotopic (exact) mass is 419 g/mol. The highest BCUT2D eigenvalue weighted by Crippen LogP contribution is 2.35. The summed E-state index contributed by atoms with van der Waals surface area (Å²) in [7, 11) is -3.12. The van der Waals surface area contributed by atoms with Crippen LogP contribution in [-0.4, -0.2) is 43.8 Å². The van der Waals surface area contributed by atoms with E-state index in [2.05, 4.69) is 9.71 Å². The van der Waals surface area contributed by atoms with Gasteiger partial charge in [0.15, 0.2) is 5.75 Å². The van der Waals surface area contributed by atoms with Gasteiger partial charge in [-0.1, -0.05) is 18.2 Å². The third kappa shape index (κ3) is 4.25. The summed E-state index contributed by atoms with van der Waals surface area (Å²) in [5.41, 5.74) is 0.965. The number of benzene rings is 2. The molecule has 0 bridgehead atoms. The number of methoxy groups -OCH3 is 1. The molecule has 0 saturated heterocycles. The standard InChI is InChI=1S/C18H17N3O7S/c1-28-17-7-6-12(9-16(17)21(24)25)29(26,27)20-15(18(22)23)8-11-10-19-14-5-3-2-4-13(11)14/h2-7,9-11,15,20H,8H2,1H3,(H,22,23)/t11-,15+/m1/s1. The first-order valence-electron chi connectivity index (χ1n) is 8.43. The van der Waals surface area contributed by atoms with Crippen LogP contribution in [0.25, 0.3) is 0 Å².